The number of benzene rings is 2. The van der Waals surface area contributed by atoms with Gasteiger partial charge in [0.25, 0.3) is 0 Å². The van der Waals surface area contributed by atoms with E-state index in [0.717, 1.165) is 10.9 Å². The van der Waals surface area contributed by atoms with Crippen LogP contribution in [0.5, 0.6) is 0 Å². The summed E-state index contributed by atoms with van der Waals surface area (Å²) in [4.78, 5) is 28.5. The van der Waals surface area contributed by atoms with Crippen molar-refractivity contribution in [3.05, 3.63) is 72.4 Å². The highest BCUT2D eigenvalue weighted by Gasteiger charge is 2.17. The van der Waals surface area contributed by atoms with E-state index >= 15 is 0 Å². The van der Waals surface area contributed by atoms with Gasteiger partial charge in [-0.15, -0.1) is 0 Å². The number of rotatable bonds is 5. The number of anilines is 1. The molecule has 2 aromatic carbocycles. The number of nitrogens with one attached hydrogen (secondary N) is 2. The molecule has 1 atom stereocenters. The lowest BCUT2D eigenvalue weighted by molar-refractivity contribution is -0.117. The minimum atomic E-state index is -0.753. The zero-order valence-electron chi connectivity index (χ0n) is 14.3. The van der Waals surface area contributed by atoms with Crippen LogP contribution in [0.25, 0.3) is 10.9 Å². The van der Waals surface area contributed by atoms with Crippen LogP contribution in [0.15, 0.2) is 66.9 Å². The summed E-state index contributed by atoms with van der Waals surface area (Å²) in [5.41, 5.74) is 2.17. The van der Waals surface area contributed by atoms with Gasteiger partial charge in [0.2, 0.25) is 5.91 Å². The Balaban J connectivity index is 1.56. The third-order valence-electron chi connectivity index (χ3n) is 3.83. The Hall–Kier alpha value is -3.41. The Morgan fingerprint density at radius 2 is 1.81 bits per heavy atom. The van der Waals surface area contributed by atoms with Gasteiger partial charge in [0.15, 0.2) is 0 Å². The van der Waals surface area contributed by atoms with E-state index in [1.165, 1.54) is 0 Å². The predicted octanol–water partition coefficient (Wildman–Crippen LogP) is 3.49. The lowest BCUT2D eigenvalue weighted by Gasteiger charge is -2.15. The molecule has 0 fully saturated rings. The van der Waals surface area contributed by atoms with Crippen molar-refractivity contribution in [3.63, 3.8) is 0 Å². The summed E-state index contributed by atoms with van der Waals surface area (Å²) in [5, 5.41) is 6.24. The largest absolute Gasteiger partial charge is 0.445 e. The molecule has 0 radical (unpaired) electrons. The van der Waals surface area contributed by atoms with Crippen LogP contribution in [0.2, 0.25) is 0 Å². The minimum absolute atomic E-state index is 0.147. The molecule has 3 rings (SSSR count). The van der Waals surface area contributed by atoms with Crippen molar-refractivity contribution in [2.75, 3.05) is 5.32 Å². The summed E-state index contributed by atoms with van der Waals surface area (Å²) in [6.07, 6.45) is 1.02. The maximum atomic E-state index is 12.4. The highest BCUT2D eigenvalue weighted by molar-refractivity contribution is 6.02. The maximum Gasteiger partial charge on any atom is 0.408 e. The molecular formula is C20H19N3O3. The average Bonchev–Trinajstić information content (AvgIpc) is 2.67. The van der Waals surface area contributed by atoms with Crippen LogP contribution < -0.4 is 10.6 Å². The first kappa shape index (κ1) is 17.4. The van der Waals surface area contributed by atoms with E-state index in [9.17, 15) is 9.59 Å². The third-order valence-corrected chi connectivity index (χ3v) is 3.83. The summed E-state index contributed by atoms with van der Waals surface area (Å²) >= 11 is 0. The Kier molecular flexibility index (Phi) is 5.43. The number of carbonyl (C=O) groups excluding carboxylic acids is 2. The van der Waals surface area contributed by atoms with Crippen LogP contribution in [-0.4, -0.2) is 23.0 Å². The first-order valence-electron chi connectivity index (χ1n) is 8.25. The van der Waals surface area contributed by atoms with Crippen molar-refractivity contribution in [2.45, 2.75) is 19.6 Å². The van der Waals surface area contributed by atoms with Gasteiger partial charge in [0.1, 0.15) is 12.6 Å². The van der Waals surface area contributed by atoms with Crippen LogP contribution >= 0.6 is 0 Å². The Bertz CT molecular complexity index is 907. The van der Waals surface area contributed by atoms with E-state index in [-0.39, 0.29) is 12.5 Å². The summed E-state index contributed by atoms with van der Waals surface area (Å²) in [6, 6.07) is 17.9. The number of hydrogen-bond donors (Lipinski definition) is 2. The molecule has 0 spiro atoms. The van der Waals surface area contributed by atoms with Crippen molar-refractivity contribution in [3.8, 4) is 0 Å². The van der Waals surface area contributed by atoms with Gasteiger partial charge in [-0.2, -0.15) is 0 Å². The molecule has 132 valence electrons. The van der Waals surface area contributed by atoms with E-state index in [1.807, 2.05) is 54.6 Å². The van der Waals surface area contributed by atoms with Gasteiger partial charge >= 0.3 is 6.09 Å². The fraction of sp³-hybridized carbons (Fsp3) is 0.150. The summed E-state index contributed by atoms with van der Waals surface area (Å²) in [5.74, 6) is -0.347. The Labute approximate surface area is 151 Å². The lowest BCUT2D eigenvalue weighted by atomic mass is 10.2. The molecule has 3 aromatic rings. The third kappa shape index (κ3) is 4.36. The molecule has 1 heterocycles. The van der Waals surface area contributed by atoms with Gasteiger partial charge in [0.05, 0.1) is 11.2 Å². The number of hydrogen-bond acceptors (Lipinski definition) is 4. The fourth-order valence-corrected chi connectivity index (χ4v) is 2.45. The fourth-order valence-electron chi connectivity index (χ4n) is 2.45. The highest BCUT2D eigenvalue weighted by atomic mass is 16.5. The second kappa shape index (κ2) is 8.11. The molecule has 1 aromatic heterocycles. The zero-order valence-corrected chi connectivity index (χ0v) is 14.3. The normalized spacial score (nSPS) is 11.6. The van der Waals surface area contributed by atoms with Crippen LogP contribution in [0, 0.1) is 0 Å². The maximum absolute atomic E-state index is 12.4. The van der Waals surface area contributed by atoms with E-state index < -0.39 is 12.1 Å². The van der Waals surface area contributed by atoms with E-state index in [2.05, 4.69) is 15.6 Å². The SMILES string of the molecule is C[C@H](NC(=O)OCc1ccccc1)C(=O)Nc1cccc2cccnc12. The van der Waals surface area contributed by atoms with Gasteiger partial charge in [-0.25, -0.2) is 4.79 Å². The van der Waals surface area contributed by atoms with E-state index in [1.54, 1.807) is 19.2 Å². The smallest absolute Gasteiger partial charge is 0.408 e. The molecule has 0 unspecified atom stereocenters. The second-order valence-corrected chi connectivity index (χ2v) is 5.80. The molecule has 0 aliphatic carbocycles. The number of fused-ring (bicyclic) bond motifs is 1. The number of para-hydroxylation sites is 1. The van der Waals surface area contributed by atoms with Crippen LogP contribution in [0.4, 0.5) is 10.5 Å². The molecule has 2 N–H and O–H groups in total. The lowest BCUT2D eigenvalue weighted by Crippen LogP contribution is -2.41. The second-order valence-electron chi connectivity index (χ2n) is 5.80. The summed E-state index contributed by atoms with van der Waals surface area (Å²) in [6.45, 7) is 1.74. The van der Waals surface area contributed by atoms with Gasteiger partial charge in [-0.05, 0) is 24.6 Å². The standard InChI is InChI=1S/C20H19N3O3/c1-14(22-20(25)26-13-15-7-3-2-4-8-15)19(24)23-17-11-5-9-16-10-6-12-21-18(16)17/h2-12,14H,13H2,1H3,(H,22,25)(H,23,24)/t14-/m0/s1. The highest BCUT2D eigenvalue weighted by Crippen LogP contribution is 2.20. The van der Waals surface area contributed by atoms with E-state index in [0.29, 0.717) is 11.2 Å². The minimum Gasteiger partial charge on any atom is -0.445 e. The molecule has 0 saturated carbocycles. The van der Waals surface area contributed by atoms with E-state index in [4.69, 9.17) is 4.74 Å². The first-order chi connectivity index (χ1) is 12.6. The molecule has 6 heteroatoms. The monoisotopic (exact) mass is 349 g/mol. The molecule has 0 saturated heterocycles. The number of aromatic nitrogens is 1. The molecule has 0 aliphatic heterocycles. The van der Waals surface area contributed by atoms with Gasteiger partial charge < -0.3 is 15.4 Å². The number of ether oxygens (including phenoxy) is 1. The molecule has 26 heavy (non-hydrogen) atoms. The van der Waals surface area contributed by atoms with Crippen LogP contribution in [-0.2, 0) is 16.1 Å². The van der Waals surface area contributed by atoms with Crippen molar-refractivity contribution in [1.29, 1.82) is 0 Å². The topological polar surface area (TPSA) is 80.3 Å². The molecule has 0 aliphatic rings. The van der Waals surface area contributed by atoms with Crippen LogP contribution in [0.3, 0.4) is 0 Å². The zero-order chi connectivity index (χ0) is 18.4. The Morgan fingerprint density at radius 1 is 1.04 bits per heavy atom. The number of alkyl carbamates (subject to hydrolysis) is 1. The van der Waals surface area contributed by atoms with Crippen molar-refractivity contribution < 1.29 is 14.3 Å². The number of nitrogens with zero attached hydrogens (tertiary/aromatic N) is 1. The molecule has 6 nitrogen and oxygen atoms in total. The number of pyridine rings is 1. The molecular weight excluding hydrogens is 330 g/mol. The predicted molar refractivity (Wildman–Crippen MR) is 99.6 cm³/mol. The number of amides is 2. The molecule has 2 amide bonds. The van der Waals surface area contributed by atoms with Crippen LogP contribution in [0.1, 0.15) is 12.5 Å². The summed E-state index contributed by atoms with van der Waals surface area (Å²) < 4.78 is 5.13. The molecule has 0 bridgehead atoms. The Morgan fingerprint density at radius 3 is 2.62 bits per heavy atom. The number of carbonyl (C=O) groups is 2. The van der Waals surface area contributed by atoms with Gasteiger partial charge in [-0.1, -0.05) is 48.5 Å². The van der Waals surface area contributed by atoms with Gasteiger partial charge in [-0.3, -0.25) is 9.78 Å². The van der Waals surface area contributed by atoms with Crippen molar-refractivity contribution in [2.24, 2.45) is 0 Å². The summed E-state index contributed by atoms with van der Waals surface area (Å²) in [7, 11) is 0. The van der Waals surface area contributed by atoms with Crippen molar-refractivity contribution >= 4 is 28.6 Å². The van der Waals surface area contributed by atoms with Gasteiger partial charge in [0, 0.05) is 11.6 Å². The first-order valence-corrected chi connectivity index (χ1v) is 8.25. The quantitative estimate of drug-likeness (QED) is 0.739. The average molecular weight is 349 g/mol. The van der Waals surface area contributed by atoms with Crippen molar-refractivity contribution in [1.82, 2.24) is 10.3 Å².